The van der Waals surface area contributed by atoms with Crippen LogP contribution in [0.25, 0.3) is 10.6 Å². The predicted molar refractivity (Wildman–Crippen MR) is 247 cm³/mol. The Morgan fingerprint density at radius 3 is 0.702 bits per heavy atom. The first kappa shape index (κ1) is 63.3. The minimum absolute atomic E-state index is 0. The standard InChI is InChI=1S/2C18H39O3P.C8H12N2O2.Tc/c2*1-16(2,19-7)10-13-22(14-11-17(3,4)20-8)15-12-18(5,6)21-9;11-7-1-3-9-5-6-10-4-2-8-12;/h2*10-15H2,1-9H3;1-4,7-8H,5-6H2,(H2,9,10,11,12);/i;;;1+1. The molecule has 0 aliphatic rings. The zero-order chi connectivity index (χ0) is 44.0. The topological polar surface area (TPSA) is 118 Å². The molecule has 0 saturated heterocycles. The Morgan fingerprint density at radius 2 is 0.561 bits per heavy atom. The number of hydrogen-bond acceptors (Lipinski definition) is 8. The smallest absolute Gasteiger partial charge is 0.141 e. The molecule has 0 saturated carbocycles. The first-order valence-corrected chi connectivity index (χ1v) is 24.6. The van der Waals surface area contributed by atoms with Gasteiger partial charge in [0.25, 0.3) is 0 Å². The molecule has 0 bridgehead atoms. The van der Waals surface area contributed by atoms with Crippen LogP contribution in [-0.2, 0) is 58.1 Å². The van der Waals surface area contributed by atoms with Gasteiger partial charge in [-0.15, -0.1) is 13.1 Å². The van der Waals surface area contributed by atoms with Crippen molar-refractivity contribution in [3.63, 3.8) is 0 Å². The largest absolute Gasteiger partial charge is 0.692 e. The van der Waals surface area contributed by atoms with Crippen LogP contribution in [0.3, 0.4) is 0 Å². The van der Waals surface area contributed by atoms with E-state index < -0.39 is 15.8 Å². The molecule has 0 aliphatic carbocycles. The van der Waals surface area contributed by atoms with Gasteiger partial charge in [0, 0.05) is 117 Å². The normalized spacial score (nSPS) is 12.9. The second kappa shape index (κ2) is 34.3. The van der Waals surface area contributed by atoms with Crippen molar-refractivity contribution in [2.24, 2.45) is 0 Å². The molecule has 0 aromatic rings. The number of rotatable bonds is 31. The Morgan fingerprint density at radius 1 is 0.386 bits per heavy atom. The number of hydrogen-bond donors (Lipinski definition) is 0. The quantitative estimate of drug-likeness (QED) is 0.0292. The van der Waals surface area contributed by atoms with E-state index in [1.54, 1.807) is 0 Å². The Bertz CT molecular complexity index is 865. The van der Waals surface area contributed by atoms with Gasteiger partial charge in [-0.25, -0.2) is 0 Å². The molecule has 0 spiro atoms. The van der Waals surface area contributed by atoms with Gasteiger partial charge >= 0.3 is 0 Å². The van der Waals surface area contributed by atoms with Crippen molar-refractivity contribution >= 4 is 28.4 Å². The van der Waals surface area contributed by atoms with Crippen LogP contribution in [0, 0.1) is 0 Å². The summed E-state index contributed by atoms with van der Waals surface area (Å²) < 4.78 is 33.5. The van der Waals surface area contributed by atoms with Gasteiger partial charge < -0.3 is 39.1 Å². The summed E-state index contributed by atoms with van der Waals surface area (Å²) in [6, 6.07) is 0. The van der Waals surface area contributed by atoms with E-state index in [0.717, 1.165) is 38.5 Å². The third-order valence-electron chi connectivity index (χ3n) is 10.7. The van der Waals surface area contributed by atoms with E-state index >= 15 is 0 Å². The van der Waals surface area contributed by atoms with Crippen molar-refractivity contribution in [2.45, 2.75) is 155 Å². The summed E-state index contributed by atoms with van der Waals surface area (Å²) in [4.78, 5) is 19.5. The number of carbonyl (C=O) groups is 2. The maximum absolute atomic E-state index is 9.76. The van der Waals surface area contributed by atoms with Crippen LogP contribution in [0.4, 0.5) is 0 Å². The Kier molecular flexibility index (Phi) is 38.1. The Labute approximate surface area is 368 Å². The fourth-order valence-corrected chi connectivity index (χ4v) is 11.9. The van der Waals surface area contributed by atoms with Gasteiger partial charge in [-0.3, -0.25) is 9.59 Å². The second-order valence-corrected chi connectivity index (χ2v) is 24.1. The van der Waals surface area contributed by atoms with E-state index in [1.165, 1.54) is 61.5 Å². The van der Waals surface area contributed by atoms with Gasteiger partial charge in [-0.1, -0.05) is 0 Å². The number of allylic oxidation sites excluding steroid dienone is 2. The molecule has 13 heteroatoms. The summed E-state index contributed by atoms with van der Waals surface area (Å²) in [7, 11) is 10.1. The summed E-state index contributed by atoms with van der Waals surface area (Å²) in [5.41, 5.74) is -0.0627. The minimum atomic E-state index is -0.413. The third-order valence-corrected chi connectivity index (χ3v) is 16.4. The zero-order valence-electron chi connectivity index (χ0n) is 39.9. The molecule has 0 rings (SSSR count). The average Bonchev–Trinajstić information content (AvgIpc) is 3.15. The number of methoxy groups -OCH3 is 6. The van der Waals surface area contributed by atoms with Gasteiger partial charge in [0.05, 0.1) is 70.6 Å². The SMILES string of the molecule is COC(C)(C)CC[PH+](CCC(C)(C)OC)CCC(C)(C)OC.COC(C)(C)CC[PH+](CCC(C)(C)OC)CCC(C)(C)OC.O=C/C=C\[N-]CC[N-]/C=C\C=O.[99Tc]. The van der Waals surface area contributed by atoms with Crippen LogP contribution in [0.15, 0.2) is 24.6 Å². The third kappa shape index (κ3) is 40.8. The molecule has 57 heavy (non-hydrogen) atoms. The van der Waals surface area contributed by atoms with Gasteiger partial charge in [-0.2, -0.15) is 12.4 Å². The molecule has 0 unspecified atom stereocenters. The van der Waals surface area contributed by atoms with Crippen molar-refractivity contribution in [2.75, 3.05) is 92.7 Å². The van der Waals surface area contributed by atoms with Crippen LogP contribution in [0.5, 0.6) is 0 Å². The molecule has 341 valence electrons. The second-order valence-electron chi connectivity index (χ2n) is 18.1. The molecule has 0 aromatic heterocycles. The number of ether oxygens (including phenoxy) is 6. The number of carbonyl (C=O) groups excluding carboxylic acids is 2. The van der Waals surface area contributed by atoms with Crippen molar-refractivity contribution < 1.29 is 58.1 Å². The summed E-state index contributed by atoms with van der Waals surface area (Å²) in [6.45, 7) is 27.3. The molecule has 0 aliphatic heterocycles. The van der Waals surface area contributed by atoms with E-state index in [-0.39, 0.29) is 53.7 Å². The van der Waals surface area contributed by atoms with Gasteiger partial charge in [0.15, 0.2) is 0 Å². The molecule has 0 atom stereocenters. The first-order chi connectivity index (χ1) is 25.8. The van der Waals surface area contributed by atoms with E-state index in [2.05, 4.69) is 93.7 Å². The molecular weight excluding hydrogens is 845 g/mol. The number of nitrogens with zero attached hydrogens (tertiary/aromatic N) is 2. The molecule has 0 amide bonds. The molecule has 0 aromatic carbocycles. The molecule has 0 heterocycles. The van der Waals surface area contributed by atoms with E-state index in [0.29, 0.717) is 25.7 Å². The fourth-order valence-electron chi connectivity index (χ4n) is 4.69. The van der Waals surface area contributed by atoms with Crippen molar-refractivity contribution in [3.05, 3.63) is 35.2 Å². The van der Waals surface area contributed by atoms with Crippen LogP contribution in [0.1, 0.15) is 122 Å². The van der Waals surface area contributed by atoms with Crippen molar-refractivity contribution in [1.82, 2.24) is 0 Å². The minimum Gasteiger partial charge on any atom is -0.692 e. The van der Waals surface area contributed by atoms with Crippen LogP contribution >= 0.6 is 15.8 Å². The average molecular weight is 936 g/mol. The molecule has 10 nitrogen and oxygen atoms in total. The molecule has 0 fully saturated rings. The Balaban J connectivity index is -0.000000383. The summed E-state index contributed by atoms with van der Waals surface area (Å²) in [5, 5.41) is 7.66. The maximum atomic E-state index is 9.76. The molecule has 0 N–H and O–H groups in total. The van der Waals surface area contributed by atoms with Crippen molar-refractivity contribution in [1.29, 1.82) is 0 Å². The maximum Gasteiger partial charge on any atom is 0.141 e. The van der Waals surface area contributed by atoms with E-state index in [4.69, 9.17) is 28.4 Å². The Hall–Kier alpha value is -0.311. The molecule has 1 radical (unpaired) electrons. The van der Waals surface area contributed by atoms with Crippen molar-refractivity contribution in [3.8, 4) is 0 Å². The first-order valence-electron chi connectivity index (χ1n) is 20.4. The summed E-state index contributed by atoms with van der Waals surface area (Å²) in [6.07, 6.45) is 21.4. The van der Waals surface area contributed by atoms with Gasteiger partial charge in [-0.05, 0) is 95.2 Å². The fraction of sp³-hybridized carbons (Fsp3) is 0.864. The summed E-state index contributed by atoms with van der Waals surface area (Å²) >= 11 is 0. The van der Waals surface area contributed by atoms with Gasteiger partial charge in [0.2, 0.25) is 0 Å². The van der Waals surface area contributed by atoms with Crippen LogP contribution < -0.4 is 0 Å². The predicted octanol–water partition coefficient (Wildman–Crippen LogP) is 10.4. The van der Waals surface area contributed by atoms with Crippen LogP contribution in [0.2, 0.25) is 0 Å². The van der Waals surface area contributed by atoms with Crippen LogP contribution in [-0.4, -0.2) is 139 Å². The molecular formula is C44H90N2O8P2Tc. The van der Waals surface area contributed by atoms with E-state index in [1.807, 2.05) is 42.7 Å². The number of aldehydes is 2. The monoisotopic (exact) mass is 936 g/mol. The van der Waals surface area contributed by atoms with Gasteiger partial charge in [0.1, 0.15) is 12.6 Å². The summed E-state index contributed by atoms with van der Waals surface area (Å²) in [5.74, 6) is 0. The van der Waals surface area contributed by atoms with E-state index in [9.17, 15) is 9.59 Å². The zero-order valence-corrected chi connectivity index (χ0v) is 43.8.